The van der Waals surface area contributed by atoms with Gasteiger partial charge < -0.3 is 19.9 Å². The zero-order valence-corrected chi connectivity index (χ0v) is 24.1. The highest BCUT2D eigenvalue weighted by atomic mass is 32.2. The molecule has 0 unspecified atom stereocenters. The van der Waals surface area contributed by atoms with E-state index in [1.165, 1.54) is 13.2 Å². The van der Waals surface area contributed by atoms with Gasteiger partial charge in [0.05, 0.1) is 24.6 Å². The number of amides is 1. The topological polar surface area (TPSA) is 74.4 Å². The molecule has 2 aliphatic rings. The first-order chi connectivity index (χ1) is 20.5. The lowest BCUT2D eigenvalue weighted by atomic mass is 9.71. The predicted octanol–water partition coefficient (Wildman–Crippen LogP) is 6.95. The van der Waals surface area contributed by atoms with Crippen LogP contribution in [-0.2, 0) is 26.3 Å². The smallest absolute Gasteiger partial charge is 0.332 e. The largest absolute Gasteiger partial charge is 0.466 e. The molecule has 3 heterocycles. The van der Waals surface area contributed by atoms with Gasteiger partial charge in [-0.2, -0.15) is 0 Å². The molecule has 5 aromatic rings. The molecule has 0 aliphatic carbocycles. The Kier molecular flexibility index (Phi) is 6.39. The molecule has 7 rings (SSSR count). The van der Waals surface area contributed by atoms with E-state index in [1.54, 1.807) is 11.8 Å². The number of H-pyrrole nitrogens is 1. The van der Waals surface area contributed by atoms with E-state index in [0.29, 0.717) is 12.2 Å². The number of aromatic nitrogens is 1. The third kappa shape index (κ3) is 4.03. The van der Waals surface area contributed by atoms with Crippen LogP contribution in [0.15, 0.2) is 120 Å². The van der Waals surface area contributed by atoms with Gasteiger partial charge in [-0.25, -0.2) is 4.79 Å². The number of para-hydroxylation sites is 2. The van der Waals surface area contributed by atoms with Gasteiger partial charge in [0.15, 0.2) is 0 Å². The highest BCUT2D eigenvalue weighted by molar-refractivity contribution is 8.00. The summed E-state index contributed by atoms with van der Waals surface area (Å²) >= 11 is 1.60. The Hall–Kier alpha value is -4.75. The Bertz CT molecular complexity index is 1880. The van der Waals surface area contributed by atoms with E-state index < -0.39 is 16.6 Å². The summed E-state index contributed by atoms with van der Waals surface area (Å²) in [5.41, 5.74) is 6.05. The van der Waals surface area contributed by atoms with Crippen LogP contribution in [0.2, 0.25) is 0 Å². The van der Waals surface area contributed by atoms with Crippen molar-refractivity contribution in [2.45, 2.75) is 29.0 Å². The van der Waals surface area contributed by atoms with Gasteiger partial charge in [-0.15, -0.1) is 11.8 Å². The second-order valence-electron chi connectivity index (χ2n) is 10.7. The van der Waals surface area contributed by atoms with Crippen molar-refractivity contribution in [3.05, 3.63) is 137 Å². The molecule has 2 N–H and O–H groups in total. The molecule has 42 heavy (non-hydrogen) atoms. The normalized spacial score (nSPS) is 20.3. The number of hydrogen-bond donors (Lipinski definition) is 2. The first-order valence-corrected chi connectivity index (χ1v) is 14.7. The maximum Gasteiger partial charge on any atom is 0.332 e. The molecule has 0 saturated carbocycles. The van der Waals surface area contributed by atoms with Crippen molar-refractivity contribution in [2.75, 3.05) is 17.3 Å². The van der Waals surface area contributed by atoms with E-state index in [-0.39, 0.29) is 5.91 Å². The minimum atomic E-state index is -1.17. The van der Waals surface area contributed by atoms with Crippen LogP contribution in [0.25, 0.3) is 10.9 Å². The van der Waals surface area contributed by atoms with Gasteiger partial charge in [0.2, 0.25) is 5.91 Å². The maximum atomic E-state index is 15.4. The van der Waals surface area contributed by atoms with Gasteiger partial charge in [-0.1, -0.05) is 78.4 Å². The highest BCUT2D eigenvalue weighted by Crippen LogP contribution is 2.58. The number of nitrogens with zero attached hydrogens (tertiary/aromatic N) is 1. The van der Waals surface area contributed by atoms with Gasteiger partial charge in [0.25, 0.3) is 0 Å². The number of ether oxygens (including phenoxy) is 1. The summed E-state index contributed by atoms with van der Waals surface area (Å²) in [6.45, 7) is 2.48. The fourth-order valence-electron chi connectivity index (χ4n) is 6.32. The Morgan fingerprint density at radius 1 is 0.976 bits per heavy atom. The van der Waals surface area contributed by atoms with Crippen molar-refractivity contribution in [2.24, 2.45) is 0 Å². The number of aromatic amines is 1. The van der Waals surface area contributed by atoms with Crippen LogP contribution < -0.4 is 10.2 Å². The number of thioether (sulfide) groups is 1. The Labute approximate surface area is 248 Å². The van der Waals surface area contributed by atoms with E-state index in [9.17, 15) is 4.79 Å². The van der Waals surface area contributed by atoms with Crippen LogP contribution in [-0.4, -0.2) is 29.2 Å². The lowest BCUT2D eigenvalue weighted by Gasteiger charge is -2.41. The first-order valence-electron chi connectivity index (χ1n) is 13.9. The lowest BCUT2D eigenvalue weighted by Crippen LogP contribution is -2.50. The summed E-state index contributed by atoms with van der Waals surface area (Å²) in [6.07, 6.45) is 3.46. The number of hydrogen-bond acceptors (Lipinski definition) is 5. The van der Waals surface area contributed by atoms with Crippen molar-refractivity contribution in [1.29, 1.82) is 0 Å². The fourth-order valence-corrected chi connectivity index (χ4v) is 7.76. The Morgan fingerprint density at radius 3 is 2.57 bits per heavy atom. The highest BCUT2D eigenvalue weighted by Gasteiger charge is 2.60. The molecule has 7 heteroatoms. The number of carbonyl (C=O) groups excluding carboxylic acids is 2. The molecule has 2 aliphatic heterocycles. The molecule has 2 atom stereocenters. The maximum absolute atomic E-state index is 15.4. The van der Waals surface area contributed by atoms with Crippen LogP contribution in [0.5, 0.6) is 0 Å². The zero-order chi connectivity index (χ0) is 28.8. The summed E-state index contributed by atoms with van der Waals surface area (Å²) in [4.78, 5) is 34.5. The van der Waals surface area contributed by atoms with Crippen molar-refractivity contribution < 1.29 is 14.3 Å². The molecular weight excluding hydrogens is 542 g/mol. The van der Waals surface area contributed by atoms with E-state index in [2.05, 4.69) is 47.6 Å². The minimum Gasteiger partial charge on any atom is -0.466 e. The van der Waals surface area contributed by atoms with Gasteiger partial charge in [0.1, 0.15) is 5.41 Å². The summed E-state index contributed by atoms with van der Waals surface area (Å²) < 4.78 is 5.10. The summed E-state index contributed by atoms with van der Waals surface area (Å²) in [5.74, 6) is -0.515. The standard InChI is InChI=1S/C35H29N3O3S/c1-22-16-17-30-25(18-22)35(26-20-36-27-13-7-6-12-24(26)27,34(40)38(30)21-23-10-4-3-5-11-23)33-29(19-32(39)41-2)37-28-14-8-9-15-31(28)42-33/h3-20,33,36-37H,21H2,1-2H3/b29-19-/t33-,35+/m1/s1. The first kappa shape index (κ1) is 26.2. The molecule has 0 fully saturated rings. The average Bonchev–Trinajstić information content (AvgIpc) is 3.54. The fraction of sp³-hybridized carbons (Fsp3) is 0.143. The second kappa shape index (κ2) is 10.3. The zero-order valence-electron chi connectivity index (χ0n) is 23.3. The quantitative estimate of drug-likeness (QED) is 0.176. The number of fused-ring (bicyclic) bond motifs is 3. The third-order valence-corrected chi connectivity index (χ3v) is 9.66. The predicted molar refractivity (Wildman–Crippen MR) is 168 cm³/mol. The third-order valence-electron chi connectivity index (χ3n) is 8.21. The van der Waals surface area contributed by atoms with E-state index in [4.69, 9.17) is 4.74 Å². The van der Waals surface area contributed by atoms with Crippen LogP contribution in [0.4, 0.5) is 11.4 Å². The molecular formula is C35H29N3O3S. The van der Waals surface area contributed by atoms with Gasteiger partial charge in [-0.3, -0.25) is 4.79 Å². The Balaban J connectivity index is 1.54. The molecule has 6 nitrogen and oxygen atoms in total. The van der Waals surface area contributed by atoms with Gasteiger partial charge in [-0.05, 0) is 47.9 Å². The van der Waals surface area contributed by atoms with E-state index in [0.717, 1.165) is 49.4 Å². The number of carbonyl (C=O) groups is 2. The molecule has 0 spiro atoms. The van der Waals surface area contributed by atoms with Crippen LogP contribution in [0, 0.1) is 6.92 Å². The average molecular weight is 572 g/mol. The number of benzene rings is 4. The van der Waals surface area contributed by atoms with Crippen molar-refractivity contribution in [3.63, 3.8) is 0 Å². The van der Waals surface area contributed by atoms with Crippen LogP contribution in [0.3, 0.4) is 0 Å². The molecule has 0 bridgehead atoms. The van der Waals surface area contributed by atoms with E-state index >= 15 is 4.79 Å². The van der Waals surface area contributed by atoms with Crippen LogP contribution in [0.1, 0.15) is 22.3 Å². The molecule has 1 amide bonds. The number of esters is 1. The number of methoxy groups -OCH3 is 1. The molecule has 0 radical (unpaired) electrons. The number of anilines is 2. The van der Waals surface area contributed by atoms with Crippen molar-refractivity contribution in [3.8, 4) is 0 Å². The molecule has 0 saturated heterocycles. The second-order valence-corrected chi connectivity index (χ2v) is 11.8. The summed E-state index contributed by atoms with van der Waals surface area (Å²) in [6, 6.07) is 32.4. The van der Waals surface area contributed by atoms with Crippen molar-refractivity contribution in [1.82, 2.24) is 4.98 Å². The molecule has 4 aromatic carbocycles. The van der Waals surface area contributed by atoms with Crippen molar-refractivity contribution >= 4 is 45.9 Å². The SMILES string of the molecule is COC(=O)/C=C1\Nc2ccccc2S[C@H]1[C@]1(c2c[nH]c3ccccc23)C(=O)N(Cc2ccccc2)c2ccc(C)cc21. The molecule has 1 aromatic heterocycles. The summed E-state index contributed by atoms with van der Waals surface area (Å²) in [7, 11) is 1.37. The number of nitrogens with one attached hydrogen (secondary N) is 2. The number of aryl methyl sites for hydroxylation is 1. The van der Waals surface area contributed by atoms with Gasteiger partial charge in [0, 0.05) is 39.5 Å². The van der Waals surface area contributed by atoms with E-state index in [1.807, 2.05) is 77.8 Å². The lowest BCUT2D eigenvalue weighted by molar-refractivity contribution is -0.135. The number of rotatable bonds is 5. The molecule has 208 valence electrons. The Morgan fingerprint density at radius 2 is 1.74 bits per heavy atom. The van der Waals surface area contributed by atoms with Gasteiger partial charge >= 0.3 is 5.97 Å². The monoisotopic (exact) mass is 571 g/mol. The van der Waals surface area contributed by atoms with Crippen LogP contribution >= 0.6 is 11.8 Å². The minimum absolute atomic E-state index is 0.0360. The summed E-state index contributed by atoms with van der Waals surface area (Å²) in [5, 5.41) is 3.98.